The Morgan fingerprint density at radius 3 is 2.58 bits per heavy atom. The molecule has 0 atom stereocenters. The standard InChI is InChI=1S/C18H29N5O/c1-22-11-7-16(8-12-22)21-18(24)20-14-15-5-6-17(19-13-15)23-9-3-2-4-10-23/h5-6,13,16H,2-4,7-12,14H2,1H3,(H2,20,21,24). The molecule has 2 amide bonds. The number of hydrogen-bond acceptors (Lipinski definition) is 4. The van der Waals surface area contributed by atoms with E-state index < -0.39 is 0 Å². The third-order valence-electron chi connectivity index (χ3n) is 5.00. The van der Waals surface area contributed by atoms with Crippen molar-refractivity contribution in [2.45, 2.75) is 44.7 Å². The molecule has 24 heavy (non-hydrogen) atoms. The SMILES string of the molecule is CN1CCC(NC(=O)NCc2ccc(N3CCCCC3)nc2)CC1. The molecule has 0 aliphatic carbocycles. The van der Waals surface area contributed by atoms with E-state index in [-0.39, 0.29) is 6.03 Å². The van der Waals surface area contributed by atoms with Crippen molar-refractivity contribution in [3.05, 3.63) is 23.9 Å². The number of nitrogens with one attached hydrogen (secondary N) is 2. The van der Waals surface area contributed by atoms with Crippen molar-refractivity contribution in [3.8, 4) is 0 Å². The van der Waals surface area contributed by atoms with Crippen molar-refractivity contribution < 1.29 is 4.79 Å². The van der Waals surface area contributed by atoms with Gasteiger partial charge in [0.2, 0.25) is 0 Å². The minimum atomic E-state index is -0.0790. The Morgan fingerprint density at radius 2 is 1.92 bits per heavy atom. The zero-order chi connectivity index (χ0) is 16.8. The van der Waals surface area contributed by atoms with Gasteiger partial charge in [0.1, 0.15) is 5.82 Å². The summed E-state index contributed by atoms with van der Waals surface area (Å²) in [5, 5.41) is 6.01. The topological polar surface area (TPSA) is 60.5 Å². The number of carbonyl (C=O) groups excluding carboxylic acids is 1. The Bertz CT molecular complexity index is 519. The molecule has 0 aromatic carbocycles. The molecule has 0 spiro atoms. The monoisotopic (exact) mass is 331 g/mol. The van der Waals surface area contributed by atoms with Crippen LogP contribution in [0.4, 0.5) is 10.6 Å². The van der Waals surface area contributed by atoms with Crippen LogP contribution in [-0.2, 0) is 6.54 Å². The molecule has 2 N–H and O–H groups in total. The maximum absolute atomic E-state index is 12.0. The quantitative estimate of drug-likeness (QED) is 0.885. The van der Waals surface area contributed by atoms with Crippen LogP contribution in [0.2, 0.25) is 0 Å². The predicted molar refractivity (Wildman–Crippen MR) is 96.2 cm³/mol. The second-order valence-corrected chi connectivity index (χ2v) is 6.98. The van der Waals surface area contributed by atoms with Crippen molar-refractivity contribution in [2.24, 2.45) is 0 Å². The molecule has 6 nitrogen and oxygen atoms in total. The number of anilines is 1. The zero-order valence-electron chi connectivity index (χ0n) is 14.6. The molecule has 2 saturated heterocycles. The first-order valence-electron chi connectivity index (χ1n) is 9.13. The fourth-order valence-electron chi connectivity index (χ4n) is 3.40. The van der Waals surface area contributed by atoms with Crippen molar-refractivity contribution in [1.29, 1.82) is 0 Å². The van der Waals surface area contributed by atoms with Crippen LogP contribution in [0.25, 0.3) is 0 Å². The highest BCUT2D eigenvalue weighted by molar-refractivity contribution is 5.74. The van der Waals surface area contributed by atoms with Gasteiger partial charge in [0.05, 0.1) is 0 Å². The van der Waals surface area contributed by atoms with Gasteiger partial charge in [-0.1, -0.05) is 6.07 Å². The van der Waals surface area contributed by atoms with Gasteiger partial charge in [-0.2, -0.15) is 0 Å². The fourth-order valence-corrected chi connectivity index (χ4v) is 3.40. The van der Waals surface area contributed by atoms with Gasteiger partial charge in [0.25, 0.3) is 0 Å². The molecule has 2 aliphatic rings. The molecule has 2 fully saturated rings. The Hall–Kier alpha value is -1.82. The molecule has 2 aliphatic heterocycles. The maximum Gasteiger partial charge on any atom is 0.315 e. The normalized spacial score (nSPS) is 20.0. The van der Waals surface area contributed by atoms with Crippen LogP contribution in [0.15, 0.2) is 18.3 Å². The molecule has 0 saturated carbocycles. The number of carbonyl (C=O) groups is 1. The Kier molecular flexibility index (Phi) is 5.91. The first kappa shape index (κ1) is 17.0. The van der Waals surface area contributed by atoms with Crippen LogP contribution in [0.5, 0.6) is 0 Å². The van der Waals surface area contributed by atoms with Gasteiger partial charge < -0.3 is 20.4 Å². The second kappa shape index (κ2) is 8.33. The lowest BCUT2D eigenvalue weighted by molar-refractivity contribution is 0.213. The average Bonchev–Trinajstić information content (AvgIpc) is 2.63. The van der Waals surface area contributed by atoms with E-state index in [4.69, 9.17) is 0 Å². The van der Waals surface area contributed by atoms with Gasteiger partial charge in [-0.25, -0.2) is 9.78 Å². The summed E-state index contributed by atoms with van der Waals surface area (Å²) in [6.45, 7) is 4.82. The van der Waals surface area contributed by atoms with Crippen LogP contribution >= 0.6 is 0 Å². The minimum absolute atomic E-state index is 0.0790. The van der Waals surface area contributed by atoms with Gasteiger partial charge in [0, 0.05) is 31.9 Å². The third-order valence-corrected chi connectivity index (χ3v) is 5.00. The van der Waals surface area contributed by atoms with E-state index in [0.717, 1.165) is 50.4 Å². The largest absolute Gasteiger partial charge is 0.357 e. The lowest BCUT2D eigenvalue weighted by Gasteiger charge is -2.29. The molecule has 6 heteroatoms. The van der Waals surface area contributed by atoms with E-state index in [1.807, 2.05) is 6.20 Å². The van der Waals surface area contributed by atoms with Crippen molar-refractivity contribution >= 4 is 11.8 Å². The van der Waals surface area contributed by atoms with E-state index in [1.165, 1.54) is 19.3 Å². The molecule has 0 bridgehead atoms. The highest BCUT2D eigenvalue weighted by Crippen LogP contribution is 2.17. The van der Waals surface area contributed by atoms with Gasteiger partial charge in [0.15, 0.2) is 0 Å². The van der Waals surface area contributed by atoms with E-state index in [0.29, 0.717) is 12.6 Å². The molecule has 0 radical (unpaired) electrons. The van der Waals surface area contributed by atoms with Gasteiger partial charge in [-0.05, 0) is 63.9 Å². The van der Waals surface area contributed by atoms with Crippen molar-refractivity contribution in [1.82, 2.24) is 20.5 Å². The number of piperidine rings is 2. The number of amides is 2. The number of likely N-dealkylation sites (tertiary alicyclic amines) is 1. The number of rotatable bonds is 4. The highest BCUT2D eigenvalue weighted by atomic mass is 16.2. The Balaban J connectivity index is 1.41. The molecule has 132 valence electrons. The summed E-state index contributed by atoms with van der Waals surface area (Å²) >= 11 is 0. The van der Waals surface area contributed by atoms with E-state index in [1.54, 1.807) is 0 Å². The molecule has 0 unspecified atom stereocenters. The number of hydrogen-bond donors (Lipinski definition) is 2. The number of urea groups is 1. The molecule has 1 aromatic heterocycles. The van der Waals surface area contributed by atoms with Crippen LogP contribution < -0.4 is 15.5 Å². The smallest absolute Gasteiger partial charge is 0.315 e. The molecule has 3 rings (SSSR count). The van der Waals surface area contributed by atoms with Crippen LogP contribution in [0.1, 0.15) is 37.7 Å². The fraction of sp³-hybridized carbons (Fsp3) is 0.667. The van der Waals surface area contributed by atoms with E-state index in [9.17, 15) is 4.79 Å². The van der Waals surface area contributed by atoms with E-state index >= 15 is 0 Å². The summed E-state index contributed by atoms with van der Waals surface area (Å²) in [7, 11) is 2.12. The van der Waals surface area contributed by atoms with Gasteiger partial charge in [-0.3, -0.25) is 0 Å². The zero-order valence-corrected chi connectivity index (χ0v) is 14.6. The Morgan fingerprint density at radius 1 is 1.17 bits per heavy atom. The van der Waals surface area contributed by atoms with Crippen LogP contribution in [0.3, 0.4) is 0 Å². The Labute approximate surface area is 144 Å². The number of nitrogens with zero attached hydrogens (tertiary/aromatic N) is 3. The lowest BCUT2D eigenvalue weighted by Crippen LogP contribution is -2.46. The highest BCUT2D eigenvalue weighted by Gasteiger charge is 2.18. The molecular weight excluding hydrogens is 302 g/mol. The first-order valence-corrected chi connectivity index (χ1v) is 9.13. The summed E-state index contributed by atoms with van der Waals surface area (Å²) in [5.74, 6) is 1.05. The van der Waals surface area contributed by atoms with Crippen molar-refractivity contribution in [2.75, 3.05) is 38.1 Å². The summed E-state index contributed by atoms with van der Waals surface area (Å²) < 4.78 is 0. The van der Waals surface area contributed by atoms with Crippen LogP contribution in [0, 0.1) is 0 Å². The van der Waals surface area contributed by atoms with Gasteiger partial charge >= 0.3 is 6.03 Å². The molecular formula is C18H29N5O. The molecule has 1 aromatic rings. The number of pyridine rings is 1. The van der Waals surface area contributed by atoms with Crippen molar-refractivity contribution in [3.63, 3.8) is 0 Å². The summed E-state index contributed by atoms with van der Waals surface area (Å²) in [6.07, 6.45) is 7.75. The summed E-state index contributed by atoms with van der Waals surface area (Å²) in [6, 6.07) is 4.34. The van der Waals surface area contributed by atoms with E-state index in [2.05, 4.69) is 44.6 Å². The summed E-state index contributed by atoms with van der Waals surface area (Å²) in [4.78, 5) is 21.2. The average molecular weight is 331 g/mol. The maximum atomic E-state index is 12.0. The first-order chi connectivity index (χ1) is 11.7. The van der Waals surface area contributed by atoms with Gasteiger partial charge in [-0.15, -0.1) is 0 Å². The second-order valence-electron chi connectivity index (χ2n) is 6.98. The third kappa shape index (κ3) is 4.84. The molecule has 3 heterocycles. The predicted octanol–water partition coefficient (Wildman–Crippen LogP) is 1.97. The van der Waals surface area contributed by atoms with Crippen LogP contribution in [-0.4, -0.2) is 55.2 Å². The lowest BCUT2D eigenvalue weighted by atomic mass is 10.1. The number of aromatic nitrogens is 1. The summed E-state index contributed by atoms with van der Waals surface area (Å²) in [5.41, 5.74) is 1.04. The minimum Gasteiger partial charge on any atom is -0.357 e.